The summed E-state index contributed by atoms with van der Waals surface area (Å²) in [7, 11) is -2.77. The van der Waals surface area contributed by atoms with Crippen molar-refractivity contribution in [3.63, 3.8) is 0 Å². The molecule has 0 aliphatic rings. The predicted octanol–water partition coefficient (Wildman–Crippen LogP) is 0.503. The SMILES string of the molecule is CCCS(=O)(=O)CCSCCN. The topological polar surface area (TPSA) is 60.2 Å². The van der Waals surface area contributed by atoms with Gasteiger partial charge in [-0.05, 0) is 6.42 Å². The first-order valence-electron chi connectivity index (χ1n) is 4.10. The number of hydrogen-bond acceptors (Lipinski definition) is 4. The molecule has 0 aromatic heterocycles. The first-order valence-corrected chi connectivity index (χ1v) is 7.08. The lowest BCUT2D eigenvalue weighted by Crippen LogP contribution is -2.13. The number of thioether (sulfide) groups is 1. The molecule has 0 saturated carbocycles. The Kier molecular flexibility index (Phi) is 6.89. The molecule has 0 rings (SSSR count). The first kappa shape index (κ1) is 12.3. The summed E-state index contributed by atoms with van der Waals surface area (Å²) in [6.07, 6.45) is 0.712. The minimum atomic E-state index is -2.77. The summed E-state index contributed by atoms with van der Waals surface area (Å²) in [5, 5.41) is 0. The number of rotatable bonds is 7. The molecule has 12 heavy (non-hydrogen) atoms. The Hall–Kier alpha value is 0.260. The van der Waals surface area contributed by atoms with Gasteiger partial charge in [-0.3, -0.25) is 0 Å². The van der Waals surface area contributed by atoms with E-state index in [4.69, 9.17) is 5.73 Å². The highest BCUT2D eigenvalue weighted by Gasteiger charge is 2.07. The van der Waals surface area contributed by atoms with Crippen LogP contribution in [0.15, 0.2) is 0 Å². The van der Waals surface area contributed by atoms with Gasteiger partial charge in [-0.2, -0.15) is 11.8 Å². The molecule has 2 N–H and O–H groups in total. The highest BCUT2D eigenvalue weighted by atomic mass is 32.2. The Labute approximate surface area is 79.0 Å². The zero-order valence-corrected chi connectivity index (χ0v) is 9.09. The van der Waals surface area contributed by atoms with E-state index < -0.39 is 9.84 Å². The largest absolute Gasteiger partial charge is 0.330 e. The predicted molar refractivity (Wildman–Crippen MR) is 55.3 cm³/mol. The second-order valence-corrected chi connectivity index (χ2v) is 6.08. The normalized spacial score (nSPS) is 11.8. The summed E-state index contributed by atoms with van der Waals surface area (Å²) in [5.41, 5.74) is 5.27. The van der Waals surface area contributed by atoms with Crippen molar-refractivity contribution >= 4 is 21.6 Å². The number of hydrogen-bond donors (Lipinski definition) is 1. The molecule has 0 aromatic rings. The van der Waals surface area contributed by atoms with Gasteiger partial charge in [0.1, 0.15) is 0 Å². The molecular formula is C7H17NO2S2. The van der Waals surface area contributed by atoms with Crippen molar-refractivity contribution in [3.05, 3.63) is 0 Å². The minimum absolute atomic E-state index is 0.297. The quantitative estimate of drug-likeness (QED) is 0.623. The Morgan fingerprint density at radius 3 is 2.42 bits per heavy atom. The lowest BCUT2D eigenvalue weighted by atomic mass is 10.6. The summed E-state index contributed by atoms with van der Waals surface area (Å²) >= 11 is 1.60. The average molecular weight is 211 g/mol. The zero-order chi connectivity index (χ0) is 9.45. The molecule has 0 spiro atoms. The second-order valence-electron chi connectivity index (χ2n) is 2.55. The van der Waals surface area contributed by atoms with Crippen molar-refractivity contribution in [1.29, 1.82) is 0 Å². The molecule has 0 radical (unpaired) electrons. The maximum Gasteiger partial charge on any atom is 0.151 e. The Balaban J connectivity index is 3.48. The smallest absolute Gasteiger partial charge is 0.151 e. The van der Waals surface area contributed by atoms with Crippen molar-refractivity contribution in [2.24, 2.45) is 5.73 Å². The number of sulfone groups is 1. The molecule has 74 valence electrons. The first-order chi connectivity index (χ1) is 5.62. The molecule has 0 saturated heterocycles. The van der Waals surface area contributed by atoms with Crippen LogP contribution >= 0.6 is 11.8 Å². The fraction of sp³-hybridized carbons (Fsp3) is 1.00. The molecular weight excluding hydrogens is 194 g/mol. The van der Waals surface area contributed by atoms with Gasteiger partial charge >= 0.3 is 0 Å². The summed E-state index contributed by atoms with van der Waals surface area (Å²) in [5.74, 6) is 2.14. The molecule has 0 bridgehead atoms. The molecule has 0 heterocycles. The van der Waals surface area contributed by atoms with Crippen LogP contribution < -0.4 is 5.73 Å². The van der Waals surface area contributed by atoms with E-state index in [0.717, 1.165) is 5.75 Å². The van der Waals surface area contributed by atoms with Crippen LogP contribution in [-0.2, 0) is 9.84 Å². The molecule has 0 unspecified atom stereocenters. The van der Waals surface area contributed by atoms with Crippen LogP contribution in [0.5, 0.6) is 0 Å². The van der Waals surface area contributed by atoms with Gasteiger partial charge in [-0.15, -0.1) is 0 Å². The van der Waals surface area contributed by atoms with Crippen LogP contribution in [-0.4, -0.2) is 38.0 Å². The van der Waals surface area contributed by atoms with Crippen molar-refractivity contribution in [1.82, 2.24) is 0 Å². The Morgan fingerprint density at radius 1 is 1.25 bits per heavy atom. The fourth-order valence-electron chi connectivity index (χ4n) is 0.784. The van der Waals surface area contributed by atoms with Crippen LogP contribution in [0.2, 0.25) is 0 Å². The molecule has 0 aliphatic heterocycles. The van der Waals surface area contributed by atoms with Crippen molar-refractivity contribution in [3.8, 4) is 0 Å². The molecule has 0 amide bonds. The van der Waals surface area contributed by atoms with Crippen LogP contribution in [0.1, 0.15) is 13.3 Å². The van der Waals surface area contributed by atoms with Gasteiger partial charge in [-0.1, -0.05) is 6.92 Å². The van der Waals surface area contributed by atoms with Crippen molar-refractivity contribution in [2.45, 2.75) is 13.3 Å². The third kappa shape index (κ3) is 6.94. The lowest BCUT2D eigenvalue weighted by molar-refractivity contribution is 0.596. The number of nitrogens with two attached hydrogens (primary N) is 1. The van der Waals surface area contributed by atoms with E-state index in [1.807, 2.05) is 6.92 Å². The average Bonchev–Trinajstić information content (AvgIpc) is 1.98. The molecule has 0 atom stereocenters. The lowest BCUT2D eigenvalue weighted by Gasteiger charge is -2.01. The van der Waals surface area contributed by atoms with Crippen LogP contribution in [0, 0.1) is 0 Å². The van der Waals surface area contributed by atoms with Gasteiger partial charge in [0.25, 0.3) is 0 Å². The van der Waals surface area contributed by atoms with Crippen molar-refractivity contribution < 1.29 is 8.42 Å². The maximum absolute atomic E-state index is 11.1. The summed E-state index contributed by atoms with van der Waals surface area (Å²) in [6, 6.07) is 0. The molecule has 5 heteroatoms. The summed E-state index contributed by atoms with van der Waals surface area (Å²) < 4.78 is 22.3. The Morgan fingerprint density at radius 2 is 1.92 bits per heavy atom. The van der Waals surface area contributed by atoms with E-state index in [0.29, 0.717) is 30.2 Å². The van der Waals surface area contributed by atoms with E-state index in [-0.39, 0.29) is 0 Å². The van der Waals surface area contributed by atoms with Gasteiger partial charge < -0.3 is 5.73 Å². The van der Waals surface area contributed by atoms with E-state index in [2.05, 4.69) is 0 Å². The fourth-order valence-corrected chi connectivity index (χ4v) is 3.47. The van der Waals surface area contributed by atoms with Crippen LogP contribution in [0.3, 0.4) is 0 Å². The van der Waals surface area contributed by atoms with Gasteiger partial charge in [0.15, 0.2) is 9.84 Å². The second kappa shape index (κ2) is 6.74. The van der Waals surface area contributed by atoms with Gasteiger partial charge in [0, 0.05) is 23.8 Å². The van der Waals surface area contributed by atoms with Gasteiger partial charge in [-0.25, -0.2) is 8.42 Å². The molecule has 0 fully saturated rings. The minimum Gasteiger partial charge on any atom is -0.330 e. The summed E-state index contributed by atoms with van der Waals surface area (Å²) in [4.78, 5) is 0. The van der Waals surface area contributed by atoms with E-state index in [1.54, 1.807) is 11.8 Å². The van der Waals surface area contributed by atoms with Gasteiger partial charge in [0.2, 0.25) is 0 Å². The third-order valence-electron chi connectivity index (χ3n) is 1.32. The van der Waals surface area contributed by atoms with E-state index >= 15 is 0 Å². The van der Waals surface area contributed by atoms with Crippen LogP contribution in [0.25, 0.3) is 0 Å². The van der Waals surface area contributed by atoms with E-state index in [1.165, 1.54) is 0 Å². The molecule has 0 aromatic carbocycles. The highest BCUT2D eigenvalue weighted by molar-refractivity contribution is 8.00. The third-order valence-corrected chi connectivity index (χ3v) is 4.45. The van der Waals surface area contributed by atoms with Crippen molar-refractivity contribution in [2.75, 3.05) is 29.6 Å². The zero-order valence-electron chi connectivity index (χ0n) is 7.45. The Bertz CT molecular complexity index is 190. The highest BCUT2D eigenvalue weighted by Crippen LogP contribution is 2.02. The standard InChI is InChI=1S/C7H17NO2S2/c1-2-6-12(9,10)7-5-11-4-3-8/h2-8H2,1H3. The molecule has 0 aliphatic carbocycles. The summed E-state index contributed by atoms with van der Waals surface area (Å²) in [6.45, 7) is 2.50. The molecule has 3 nitrogen and oxygen atoms in total. The van der Waals surface area contributed by atoms with Gasteiger partial charge in [0.05, 0.1) is 5.75 Å². The van der Waals surface area contributed by atoms with Crippen LogP contribution in [0.4, 0.5) is 0 Å². The van der Waals surface area contributed by atoms with E-state index in [9.17, 15) is 8.42 Å². The maximum atomic E-state index is 11.1. The monoisotopic (exact) mass is 211 g/mol.